The molecular formula is C38H38S4. The number of fused-ring (bicyclic) bond motifs is 6. The molecule has 214 valence electrons. The largest absolute Gasteiger partial charge is 0.143 e. The summed E-state index contributed by atoms with van der Waals surface area (Å²) in [5, 5.41) is 10.4. The van der Waals surface area contributed by atoms with Crippen LogP contribution in [-0.4, -0.2) is 0 Å². The van der Waals surface area contributed by atoms with Crippen LogP contribution in [0.1, 0.15) is 75.6 Å². The van der Waals surface area contributed by atoms with E-state index in [0.717, 1.165) is 0 Å². The van der Waals surface area contributed by atoms with Crippen LogP contribution in [0.25, 0.3) is 61.2 Å². The molecule has 0 N–H and O–H groups in total. The fraction of sp³-hybridized carbons (Fsp3) is 0.316. The number of hydrogen-bond acceptors (Lipinski definition) is 4. The van der Waals surface area contributed by atoms with Crippen LogP contribution in [0.2, 0.25) is 0 Å². The van der Waals surface area contributed by atoms with Crippen LogP contribution >= 0.6 is 45.3 Å². The van der Waals surface area contributed by atoms with E-state index in [1.165, 1.54) is 113 Å². The topological polar surface area (TPSA) is 0 Å². The Hall–Kier alpha value is -2.50. The summed E-state index contributed by atoms with van der Waals surface area (Å²) in [6.45, 7) is 9.27. The van der Waals surface area contributed by atoms with Gasteiger partial charge in [0, 0.05) is 50.1 Å². The molecular weight excluding hydrogens is 585 g/mol. The Labute approximate surface area is 265 Å². The average molecular weight is 623 g/mol. The number of benzene rings is 3. The van der Waals surface area contributed by atoms with E-state index in [9.17, 15) is 0 Å². The van der Waals surface area contributed by atoms with Crippen molar-refractivity contribution in [3.63, 3.8) is 0 Å². The summed E-state index contributed by atoms with van der Waals surface area (Å²) in [6, 6.07) is 19.1. The first kappa shape index (κ1) is 28.3. The van der Waals surface area contributed by atoms with E-state index < -0.39 is 0 Å². The highest BCUT2D eigenvalue weighted by molar-refractivity contribution is 7.23. The smallest absolute Gasteiger partial charge is 0.0391 e. The zero-order valence-electron chi connectivity index (χ0n) is 25.1. The Morgan fingerprint density at radius 3 is 1.14 bits per heavy atom. The van der Waals surface area contributed by atoms with Crippen molar-refractivity contribution in [2.45, 2.75) is 79.1 Å². The number of aryl methyl sites for hydroxylation is 4. The summed E-state index contributed by atoms with van der Waals surface area (Å²) in [5.74, 6) is 0. The Morgan fingerprint density at radius 2 is 0.786 bits per heavy atom. The molecule has 0 aliphatic carbocycles. The molecule has 3 aromatic carbocycles. The second kappa shape index (κ2) is 11.9. The highest BCUT2D eigenvalue weighted by atomic mass is 32.1. The van der Waals surface area contributed by atoms with Gasteiger partial charge in [0.05, 0.1) is 0 Å². The summed E-state index contributed by atoms with van der Waals surface area (Å²) >= 11 is 7.87. The van der Waals surface area contributed by atoms with Gasteiger partial charge in [0.15, 0.2) is 0 Å². The molecule has 42 heavy (non-hydrogen) atoms. The molecule has 4 heterocycles. The third-order valence-corrected chi connectivity index (χ3v) is 13.1. The normalized spacial score (nSPS) is 12.1. The molecule has 0 spiro atoms. The van der Waals surface area contributed by atoms with Crippen molar-refractivity contribution >= 4 is 85.7 Å². The van der Waals surface area contributed by atoms with Crippen molar-refractivity contribution in [1.29, 1.82) is 0 Å². The highest BCUT2D eigenvalue weighted by Gasteiger charge is 2.20. The summed E-state index contributed by atoms with van der Waals surface area (Å²) in [7, 11) is 0. The van der Waals surface area contributed by atoms with Gasteiger partial charge in [-0.1, -0.05) is 77.6 Å². The van der Waals surface area contributed by atoms with E-state index in [1.54, 1.807) is 22.3 Å². The van der Waals surface area contributed by atoms with E-state index in [4.69, 9.17) is 0 Å². The van der Waals surface area contributed by atoms with Gasteiger partial charge in [0.1, 0.15) is 0 Å². The highest BCUT2D eigenvalue weighted by Crippen LogP contribution is 2.46. The zero-order valence-corrected chi connectivity index (χ0v) is 28.3. The van der Waals surface area contributed by atoms with Crippen molar-refractivity contribution in [1.82, 2.24) is 0 Å². The monoisotopic (exact) mass is 622 g/mol. The molecule has 0 fully saturated rings. The van der Waals surface area contributed by atoms with Gasteiger partial charge in [-0.3, -0.25) is 0 Å². The lowest BCUT2D eigenvalue weighted by Crippen LogP contribution is -1.95. The minimum atomic E-state index is 1.17. The van der Waals surface area contributed by atoms with Crippen LogP contribution in [0.4, 0.5) is 0 Å². The maximum Gasteiger partial charge on any atom is 0.0391 e. The molecule has 7 rings (SSSR count). The van der Waals surface area contributed by atoms with Crippen LogP contribution < -0.4 is 0 Å². The zero-order chi connectivity index (χ0) is 28.8. The minimum absolute atomic E-state index is 1.17. The van der Waals surface area contributed by atoms with Gasteiger partial charge < -0.3 is 0 Å². The van der Waals surface area contributed by atoms with Gasteiger partial charge in [-0.05, 0) is 94.1 Å². The van der Waals surface area contributed by atoms with E-state index in [0.29, 0.717) is 0 Å². The van der Waals surface area contributed by atoms with Gasteiger partial charge in [0.25, 0.3) is 0 Å². The summed E-state index contributed by atoms with van der Waals surface area (Å²) in [6.07, 6.45) is 9.47. The maximum atomic E-state index is 2.47. The Bertz CT molecular complexity index is 1880. The Kier molecular flexibility index (Phi) is 8.00. The first-order valence-electron chi connectivity index (χ1n) is 15.7. The van der Waals surface area contributed by atoms with Gasteiger partial charge in [-0.2, -0.15) is 0 Å². The predicted molar refractivity (Wildman–Crippen MR) is 195 cm³/mol. The third-order valence-electron chi connectivity index (χ3n) is 8.65. The van der Waals surface area contributed by atoms with Crippen molar-refractivity contribution < 1.29 is 0 Å². The molecule has 7 aromatic rings. The van der Waals surface area contributed by atoms with E-state index >= 15 is 0 Å². The van der Waals surface area contributed by atoms with Crippen molar-refractivity contribution in [2.75, 3.05) is 0 Å². The van der Waals surface area contributed by atoms with E-state index in [2.05, 4.69) is 87.0 Å². The lowest BCUT2D eigenvalue weighted by atomic mass is 9.95. The second-order valence-corrected chi connectivity index (χ2v) is 15.5. The van der Waals surface area contributed by atoms with Gasteiger partial charge in [0.2, 0.25) is 0 Å². The quantitative estimate of drug-likeness (QED) is 0.142. The summed E-state index contributed by atoms with van der Waals surface area (Å²) in [4.78, 5) is 2.78. The molecule has 0 aliphatic heterocycles. The number of hydrogen-bond donors (Lipinski definition) is 0. The predicted octanol–water partition coefficient (Wildman–Crippen LogP) is 13.7. The molecule has 4 heteroatoms. The molecule has 0 aliphatic rings. The second-order valence-electron chi connectivity index (χ2n) is 11.5. The van der Waals surface area contributed by atoms with Crippen LogP contribution in [0.3, 0.4) is 0 Å². The molecule has 0 nitrogen and oxygen atoms in total. The van der Waals surface area contributed by atoms with Crippen molar-refractivity contribution in [2.24, 2.45) is 0 Å². The molecule has 0 saturated carbocycles. The molecule has 0 amide bonds. The molecule has 0 radical (unpaired) electrons. The first-order valence-corrected chi connectivity index (χ1v) is 19.1. The summed E-state index contributed by atoms with van der Waals surface area (Å²) < 4.78 is 6.06. The molecule has 0 atom stereocenters. The number of thiophene rings is 4. The SMILES string of the molecule is CCCc1c(CCC)c2sc(-c3ccc(-c4cc5c(s4)c(CCC)c(CCC)c4sccc45)cc3)cc2c2ccsc12. The Morgan fingerprint density at radius 1 is 0.429 bits per heavy atom. The maximum absolute atomic E-state index is 2.47. The van der Waals surface area contributed by atoms with Gasteiger partial charge >= 0.3 is 0 Å². The molecule has 0 unspecified atom stereocenters. The van der Waals surface area contributed by atoms with Crippen molar-refractivity contribution in [3.8, 4) is 20.9 Å². The van der Waals surface area contributed by atoms with Gasteiger partial charge in [-0.25, -0.2) is 0 Å². The van der Waals surface area contributed by atoms with Crippen LogP contribution in [0, 0.1) is 0 Å². The van der Waals surface area contributed by atoms with Crippen LogP contribution in [0.5, 0.6) is 0 Å². The fourth-order valence-electron chi connectivity index (χ4n) is 6.83. The molecule has 0 saturated heterocycles. The van der Waals surface area contributed by atoms with Gasteiger partial charge in [-0.15, -0.1) is 45.3 Å². The third kappa shape index (κ3) is 4.66. The summed E-state index contributed by atoms with van der Waals surface area (Å²) in [5.41, 5.74) is 9.09. The lowest BCUT2D eigenvalue weighted by molar-refractivity contribution is 0.877. The van der Waals surface area contributed by atoms with Crippen LogP contribution in [-0.2, 0) is 25.7 Å². The Balaban J connectivity index is 1.32. The number of rotatable bonds is 10. The lowest BCUT2D eigenvalue weighted by Gasteiger charge is -2.12. The first-order chi connectivity index (χ1) is 20.7. The fourth-order valence-corrected chi connectivity index (χ4v) is 11.4. The minimum Gasteiger partial charge on any atom is -0.143 e. The van der Waals surface area contributed by atoms with E-state index in [-0.39, 0.29) is 0 Å². The van der Waals surface area contributed by atoms with Crippen LogP contribution in [0.15, 0.2) is 59.3 Å². The molecule has 0 bridgehead atoms. The van der Waals surface area contributed by atoms with Crippen molar-refractivity contribution in [3.05, 3.63) is 81.5 Å². The van der Waals surface area contributed by atoms with E-state index in [1.807, 2.05) is 45.3 Å². The average Bonchev–Trinajstić information content (AvgIpc) is 3.81. The molecule has 4 aromatic heterocycles. The standard InChI is InChI=1S/C38H38S4/c1-5-9-25-27(11-7-3)37-31(29-17-19-39-35(25)29)21-33(41-37)23-13-15-24(16-14-23)34-22-32-30-18-20-40-36(30)26(10-6-2)28(12-8-4)38(32)42-34/h13-22H,5-12H2,1-4H3.